The number of amides is 1. The highest BCUT2D eigenvalue weighted by atomic mass is 19.1. The molecule has 0 radical (unpaired) electrons. The second-order valence-corrected chi connectivity index (χ2v) is 11.1. The van der Waals surface area contributed by atoms with Gasteiger partial charge in [-0.1, -0.05) is 12.1 Å². The summed E-state index contributed by atoms with van der Waals surface area (Å²) < 4.78 is 16.6. The predicted molar refractivity (Wildman–Crippen MR) is 138 cm³/mol. The van der Waals surface area contributed by atoms with E-state index in [1.807, 2.05) is 0 Å². The molecule has 4 aromatic rings. The van der Waals surface area contributed by atoms with Crippen molar-refractivity contribution in [3.05, 3.63) is 75.9 Å². The molecular formula is C27H29FN8O3. The maximum absolute atomic E-state index is 13.7. The molecule has 2 atom stereocenters. The van der Waals surface area contributed by atoms with Crippen LogP contribution in [0.15, 0.2) is 41.8 Å². The number of hydrogen-bond donors (Lipinski definition) is 3. The molecule has 12 heteroatoms. The molecule has 2 unspecified atom stereocenters. The summed E-state index contributed by atoms with van der Waals surface area (Å²) in [6.45, 7) is 5.62. The topological polar surface area (TPSA) is 144 Å². The summed E-state index contributed by atoms with van der Waals surface area (Å²) in [6.07, 6.45) is 6.99. The second-order valence-electron chi connectivity index (χ2n) is 11.1. The van der Waals surface area contributed by atoms with Crippen LogP contribution in [0, 0.1) is 18.7 Å². The first-order valence-electron chi connectivity index (χ1n) is 12.9. The average molecular weight is 533 g/mol. The fourth-order valence-corrected chi connectivity index (χ4v) is 5.76. The number of nitrogens with zero attached hydrogens (tertiary/aromatic N) is 6. The molecule has 3 N–H and O–H groups in total. The Labute approximate surface area is 223 Å². The molecule has 1 fully saturated rings. The molecule has 3 aromatic heterocycles. The number of carbonyl (C=O) groups excluding carboxylic acids is 1. The first-order valence-corrected chi connectivity index (χ1v) is 12.9. The number of nitrogens with one attached hydrogen (secondary N) is 2. The lowest BCUT2D eigenvalue weighted by molar-refractivity contribution is -0.131. The van der Waals surface area contributed by atoms with E-state index in [-0.39, 0.29) is 29.2 Å². The molecule has 1 saturated carbocycles. The highest BCUT2D eigenvalue weighted by molar-refractivity contribution is 5.84. The molecule has 1 aliphatic heterocycles. The molecule has 6 rings (SSSR count). The standard InChI is InChI=1S/C27H29FN8O3/c1-15-8-16(4-5-19(15)28)9-18-11-30-22(32-18)20-21(37)23(38)35-12-17-6-7-27(10-17,24(35)33-20)34-25(39)26(2,3)36-14-29-13-31-36/h4-5,8,11,13-14,17,37H,6-7,9-10,12H2,1-3H3,(H,30,32)(H,34,39). The van der Waals surface area contributed by atoms with Gasteiger partial charge in [0.1, 0.15) is 29.8 Å². The highest BCUT2D eigenvalue weighted by Gasteiger charge is 2.51. The van der Waals surface area contributed by atoms with Gasteiger partial charge in [-0.2, -0.15) is 5.10 Å². The number of halogens is 1. The van der Waals surface area contributed by atoms with Crippen molar-refractivity contribution in [3.8, 4) is 17.3 Å². The Bertz CT molecular complexity index is 1640. The van der Waals surface area contributed by atoms with Crippen molar-refractivity contribution >= 4 is 5.91 Å². The first-order chi connectivity index (χ1) is 18.6. The van der Waals surface area contributed by atoms with Crippen molar-refractivity contribution < 1.29 is 14.3 Å². The minimum Gasteiger partial charge on any atom is -0.501 e. The maximum atomic E-state index is 13.7. The van der Waals surface area contributed by atoms with Gasteiger partial charge >= 0.3 is 0 Å². The molecule has 4 heterocycles. The Morgan fingerprint density at radius 3 is 2.92 bits per heavy atom. The number of H-pyrrole nitrogens is 1. The third-order valence-corrected chi connectivity index (χ3v) is 8.00. The van der Waals surface area contributed by atoms with Crippen LogP contribution in [0.25, 0.3) is 11.5 Å². The number of carbonyl (C=O) groups is 1. The zero-order chi connectivity index (χ0) is 27.5. The third kappa shape index (κ3) is 4.10. The Kier molecular flexibility index (Phi) is 5.67. The van der Waals surface area contributed by atoms with Crippen molar-refractivity contribution in [2.24, 2.45) is 5.92 Å². The molecule has 39 heavy (non-hydrogen) atoms. The summed E-state index contributed by atoms with van der Waals surface area (Å²) in [6, 6.07) is 4.89. The summed E-state index contributed by atoms with van der Waals surface area (Å²) in [5.41, 5.74) is -0.288. The van der Waals surface area contributed by atoms with Gasteiger partial charge in [-0.05, 0) is 63.1 Å². The van der Waals surface area contributed by atoms with Gasteiger partial charge in [0.25, 0.3) is 5.56 Å². The first kappa shape index (κ1) is 25.0. The normalized spacial score (nSPS) is 20.2. The van der Waals surface area contributed by atoms with Crippen molar-refractivity contribution in [1.82, 2.24) is 39.6 Å². The summed E-state index contributed by atoms with van der Waals surface area (Å²) in [5.74, 6) is -0.224. The van der Waals surface area contributed by atoms with Crippen molar-refractivity contribution in [3.63, 3.8) is 0 Å². The van der Waals surface area contributed by atoms with Crippen molar-refractivity contribution in [2.75, 3.05) is 0 Å². The number of imidazole rings is 1. The highest BCUT2D eigenvalue weighted by Crippen LogP contribution is 2.46. The minimum atomic E-state index is -1.03. The van der Waals surface area contributed by atoms with E-state index < -0.39 is 22.4 Å². The van der Waals surface area contributed by atoms with Crippen LogP contribution in [-0.4, -0.2) is 45.3 Å². The fourth-order valence-electron chi connectivity index (χ4n) is 5.76. The third-order valence-electron chi connectivity index (χ3n) is 8.00. The van der Waals surface area contributed by atoms with Gasteiger partial charge in [0.05, 0.1) is 5.54 Å². The Morgan fingerprint density at radius 1 is 1.36 bits per heavy atom. The van der Waals surface area contributed by atoms with Crippen LogP contribution >= 0.6 is 0 Å². The largest absolute Gasteiger partial charge is 0.501 e. The minimum absolute atomic E-state index is 0.0299. The van der Waals surface area contributed by atoms with Gasteiger partial charge in [-0.3, -0.25) is 14.2 Å². The lowest BCUT2D eigenvalue weighted by Crippen LogP contribution is -2.56. The lowest BCUT2D eigenvalue weighted by atomic mass is 9.89. The Hall–Kier alpha value is -4.35. The number of rotatable bonds is 6. The molecule has 2 bridgehead atoms. The summed E-state index contributed by atoms with van der Waals surface area (Å²) in [4.78, 5) is 43.2. The number of aromatic nitrogens is 7. The summed E-state index contributed by atoms with van der Waals surface area (Å²) in [5, 5.41) is 18.2. The van der Waals surface area contributed by atoms with Crippen LogP contribution < -0.4 is 10.9 Å². The van der Waals surface area contributed by atoms with E-state index in [1.165, 1.54) is 28.0 Å². The van der Waals surface area contributed by atoms with E-state index in [4.69, 9.17) is 4.98 Å². The SMILES string of the molecule is Cc1cc(Cc2cnc(-c3nc4n(c(=O)c3O)CC3CCC4(NC(=O)C(C)(C)n4cncn4)C3)[nH]2)ccc1F. The van der Waals surface area contributed by atoms with E-state index in [2.05, 4.69) is 25.4 Å². The van der Waals surface area contributed by atoms with E-state index in [1.54, 1.807) is 39.1 Å². The van der Waals surface area contributed by atoms with E-state index in [9.17, 15) is 19.1 Å². The Morgan fingerprint density at radius 2 is 2.18 bits per heavy atom. The lowest BCUT2D eigenvalue weighted by Gasteiger charge is -2.38. The van der Waals surface area contributed by atoms with Crippen LogP contribution in [0.4, 0.5) is 4.39 Å². The summed E-state index contributed by atoms with van der Waals surface area (Å²) >= 11 is 0. The van der Waals surface area contributed by atoms with Crippen molar-refractivity contribution in [2.45, 2.75) is 64.1 Å². The zero-order valence-electron chi connectivity index (χ0n) is 21.9. The van der Waals surface area contributed by atoms with E-state index in [0.717, 1.165) is 12.0 Å². The molecule has 0 saturated heterocycles. The summed E-state index contributed by atoms with van der Waals surface area (Å²) in [7, 11) is 0. The second kappa shape index (κ2) is 8.85. The van der Waals surface area contributed by atoms with E-state index >= 15 is 0 Å². The number of aromatic hydroxyl groups is 1. The quantitative estimate of drug-likeness (QED) is 0.346. The number of fused-ring (bicyclic) bond motifs is 4. The molecule has 202 valence electrons. The number of hydrogen-bond acceptors (Lipinski definition) is 7. The molecule has 1 aromatic carbocycles. The molecule has 2 aliphatic rings. The van der Waals surface area contributed by atoms with Crippen LogP contribution in [-0.2, 0) is 28.8 Å². The van der Waals surface area contributed by atoms with Crippen molar-refractivity contribution in [1.29, 1.82) is 0 Å². The van der Waals surface area contributed by atoms with Crippen LogP contribution in [0.5, 0.6) is 5.75 Å². The van der Waals surface area contributed by atoms with Gasteiger partial charge in [-0.25, -0.2) is 24.0 Å². The van der Waals surface area contributed by atoms with Crippen LogP contribution in [0.1, 0.15) is 55.8 Å². The van der Waals surface area contributed by atoms with Crippen LogP contribution in [0.3, 0.4) is 0 Å². The number of aryl methyl sites for hydroxylation is 1. The zero-order valence-corrected chi connectivity index (χ0v) is 21.9. The van der Waals surface area contributed by atoms with Gasteiger partial charge in [-0.15, -0.1) is 0 Å². The monoisotopic (exact) mass is 532 g/mol. The average Bonchev–Trinajstić information content (AvgIpc) is 3.66. The number of aromatic amines is 1. The maximum Gasteiger partial charge on any atom is 0.296 e. The Balaban J connectivity index is 1.36. The van der Waals surface area contributed by atoms with E-state index in [0.29, 0.717) is 42.9 Å². The van der Waals surface area contributed by atoms with Gasteiger partial charge in [0.2, 0.25) is 11.7 Å². The number of benzene rings is 1. The van der Waals surface area contributed by atoms with Crippen LogP contribution in [0.2, 0.25) is 0 Å². The smallest absolute Gasteiger partial charge is 0.296 e. The van der Waals surface area contributed by atoms with Gasteiger partial charge < -0.3 is 15.4 Å². The molecule has 11 nitrogen and oxygen atoms in total. The van der Waals surface area contributed by atoms with Gasteiger partial charge in [0, 0.05) is 24.9 Å². The van der Waals surface area contributed by atoms with Gasteiger partial charge in [0.15, 0.2) is 11.5 Å². The predicted octanol–water partition coefficient (Wildman–Crippen LogP) is 2.53. The molecule has 0 spiro atoms. The molecule has 1 aliphatic carbocycles. The molecule has 1 amide bonds. The fraction of sp³-hybridized carbons (Fsp3) is 0.407. The molecular weight excluding hydrogens is 503 g/mol.